The van der Waals surface area contributed by atoms with Crippen LogP contribution >= 0.6 is 0 Å². The van der Waals surface area contributed by atoms with Crippen molar-refractivity contribution in [2.75, 3.05) is 0 Å². The van der Waals surface area contributed by atoms with Gasteiger partial charge in [0.15, 0.2) is 0 Å². The van der Waals surface area contributed by atoms with E-state index in [4.69, 9.17) is 19.8 Å². The highest BCUT2D eigenvalue weighted by Crippen LogP contribution is 2.26. The zero-order valence-corrected chi connectivity index (χ0v) is 27.4. The number of carbonyl (C=O) groups is 4. The minimum atomic E-state index is -5.08. The minimum Gasteiger partial charge on any atom is -0.475 e. The average Bonchev–Trinajstić information content (AvgIpc) is 3.77. The quantitative estimate of drug-likeness (QED) is 0.0839. The van der Waals surface area contributed by atoms with Gasteiger partial charge in [-0.3, -0.25) is 9.59 Å². The Kier molecular flexibility index (Phi) is 14.3. The number of carbonyl (C=O) groups excluding carboxylic acids is 2. The number of aromatic nitrogens is 6. The van der Waals surface area contributed by atoms with Crippen LogP contribution in [0.15, 0.2) is 67.4 Å². The molecule has 3 aromatic heterocycles. The zero-order valence-electron chi connectivity index (χ0n) is 27.4. The molecule has 0 saturated heterocycles. The van der Waals surface area contributed by atoms with Crippen LogP contribution in [0.3, 0.4) is 0 Å². The molecule has 5 rings (SSSR count). The van der Waals surface area contributed by atoms with Crippen molar-refractivity contribution in [1.82, 2.24) is 34.9 Å². The van der Waals surface area contributed by atoms with Gasteiger partial charge in [0, 0.05) is 30.8 Å². The monoisotopic (exact) mass is 737 g/mol. The van der Waals surface area contributed by atoms with E-state index in [0.717, 1.165) is 53.7 Å². The van der Waals surface area contributed by atoms with Crippen LogP contribution in [-0.4, -0.2) is 75.7 Å². The van der Waals surface area contributed by atoms with Gasteiger partial charge in [0.05, 0.1) is 24.4 Å². The Labute approximate surface area is 291 Å². The summed E-state index contributed by atoms with van der Waals surface area (Å²) in [5, 5.41) is 23.8. The Morgan fingerprint density at radius 1 is 0.865 bits per heavy atom. The molecular weight excluding hydrogens is 704 g/mol. The summed E-state index contributed by atoms with van der Waals surface area (Å²) >= 11 is 0. The van der Waals surface area contributed by atoms with E-state index in [2.05, 4.69) is 60.7 Å². The number of alkyl halides is 6. The summed E-state index contributed by atoms with van der Waals surface area (Å²) in [7, 11) is 0. The Morgan fingerprint density at radius 2 is 1.52 bits per heavy atom. The molecule has 1 amide bonds. The SMILES string of the molecule is CCC(=O)CCCCC[C@H](NC(=O)Cc1cnc2ncnn2c1)c1ncc(-c2ccc3ccccc3c2)[nH]1.O=C(O)C(F)(F)F.O=C(O)C(F)(F)F. The lowest BCUT2D eigenvalue weighted by Gasteiger charge is -2.17. The fraction of sp³-hybridized carbons (Fsp3) is 0.333. The molecule has 0 aliphatic carbocycles. The number of nitrogens with one attached hydrogen (secondary N) is 2. The van der Waals surface area contributed by atoms with Crippen molar-refractivity contribution < 1.29 is 55.7 Å². The Hall–Kier alpha value is -5.88. The van der Waals surface area contributed by atoms with Crippen molar-refractivity contribution in [3.05, 3.63) is 78.8 Å². The van der Waals surface area contributed by atoms with E-state index in [0.29, 0.717) is 24.4 Å². The number of nitrogens with zero attached hydrogens (tertiary/aromatic N) is 5. The first kappa shape index (κ1) is 40.5. The highest BCUT2D eigenvalue weighted by molar-refractivity contribution is 5.86. The van der Waals surface area contributed by atoms with E-state index in [-0.39, 0.29) is 18.4 Å². The van der Waals surface area contributed by atoms with Crippen molar-refractivity contribution in [1.29, 1.82) is 0 Å². The van der Waals surface area contributed by atoms with Gasteiger partial charge < -0.3 is 20.5 Å². The van der Waals surface area contributed by atoms with Crippen LogP contribution in [-0.2, 0) is 25.6 Å². The minimum absolute atomic E-state index is 0.124. The number of aliphatic carboxylic acids is 2. The smallest absolute Gasteiger partial charge is 0.475 e. The normalized spacial score (nSPS) is 11.9. The number of Topliss-reactive ketones (excluding diaryl/α,β-unsaturated/α-hetero) is 1. The highest BCUT2D eigenvalue weighted by Gasteiger charge is 2.38. The summed E-state index contributed by atoms with van der Waals surface area (Å²) in [5.41, 5.74) is 2.69. The molecule has 19 heteroatoms. The second kappa shape index (κ2) is 18.4. The Morgan fingerprint density at radius 3 is 2.15 bits per heavy atom. The topological polar surface area (TPSA) is 193 Å². The van der Waals surface area contributed by atoms with Gasteiger partial charge in [-0.2, -0.15) is 36.4 Å². The number of ketones is 1. The van der Waals surface area contributed by atoms with Crippen molar-refractivity contribution in [3.63, 3.8) is 0 Å². The second-order valence-corrected chi connectivity index (χ2v) is 11.1. The Bertz CT molecular complexity index is 1950. The largest absolute Gasteiger partial charge is 0.490 e. The fourth-order valence-corrected chi connectivity index (χ4v) is 4.60. The van der Waals surface area contributed by atoms with Crippen molar-refractivity contribution in [3.8, 4) is 11.3 Å². The van der Waals surface area contributed by atoms with E-state index in [1.54, 1.807) is 16.9 Å². The van der Waals surface area contributed by atoms with Crippen LogP contribution in [0.25, 0.3) is 27.8 Å². The van der Waals surface area contributed by atoms with Crippen LogP contribution in [0.1, 0.15) is 62.9 Å². The number of unbranched alkanes of at least 4 members (excludes halogenated alkanes) is 2. The zero-order chi connectivity index (χ0) is 38.5. The van der Waals surface area contributed by atoms with Crippen LogP contribution in [0, 0.1) is 0 Å². The maximum absolute atomic E-state index is 13.0. The first-order valence-electron chi connectivity index (χ1n) is 15.6. The third-order valence-electron chi connectivity index (χ3n) is 7.20. The lowest BCUT2D eigenvalue weighted by molar-refractivity contribution is -0.193. The maximum atomic E-state index is 13.0. The van der Waals surface area contributed by atoms with Crippen molar-refractivity contribution >= 4 is 40.2 Å². The molecule has 1 atom stereocenters. The predicted molar refractivity (Wildman–Crippen MR) is 173 cm³/mol. The molecule has 13 nitrogen and oxygen atoms in total. The molecule has 0 saturated carbocycles. The number of carboxylic acid groups (broad SMARTS) is 2. The van der Waals surface area contributed by atoms with Crippen molar-refractivity contribution in [2.24, 2.45) is 0 Å². The van der Waals surface area contributed by atoms with Crippen LogP contribution < -0.4 is 5.32 Å². The number of aromatic amines is 1. The van der Waals surface area contributed by atoms with Crippen LogP contribution in [0.2, 0.25) is 0 Å². The number of fused-ring (bicyclic) bond motifs is 2. The van der Waals surface area contributed by atoms with Gasteiger partial charge in [-0.15, -0.1) is 0 Å². The summed E-state index contributed by atoms with van der Waals surface area (Å²) in [6.45, 7) is 1.90. The number of carboxylic acids is 2. The van der Waals surface area contributed by atoms with E-state index in [9.17, 15) is 35.9 Å². The number of imidazole rings is 1. The molecule has 0 bridgehead atoms. The molecule has 0 radical (unpaired) electrons. The summed E-state index contributed by atoms with van der Waals surface area (Å²) in [6.07, 6.45) is 1.23. The summed E-state index contributed by atoms with van der Waals surface area (Å²) in [6, 6.07) is 14.3. The number of benzene rings is 2. The number of hydrogen-bond donors (Lipinski definition) is 4. The molecule has 0 spiro atoms. The molecule has 52 heavy (non-hydrogen) atoms. The number of H-pyrrole nitrogens is 1. The molecular formula is C33H33F6N7O6. The number of amides is 1. The fourth-order valence-electron chi connectivity index (χ4n) is 4.60. The van der Waals surface area contributed by atoms with Gasteiger partial charge in [0.2, 0.25) is 5.91 Å². The second-order valence-electron chi connectivity index (χ2n) is 11.1. The first-order valence-corrected chi connectivity index (χ1v) is 15.6. The van der Waals surface area contributed by atoms with E-state index in [1.165, 1.54) is 11.7 Å². The van der Waals surface area contributed by atoms with Crippen molar-refractivity contribution in [2.45, 2.75) is 70.3 Å². The lowest BCUT2D eigenvalue weighted by Crippen LogP contribution is -2.30. The first-order chi connectivity index (χ1) is 24.5. The number of rotatable bonds is 12. The van der Waals surface area contributed by atoms with Gasteiger partial charge >= 0.3 is 24.3 Å². The molecule has 4 N–H and O–H groups in total. The molecule has 5 aromatic rings. The van der Waals surface area contributed by atoms with Gasteiger partial charge in [-0.05, 0) is 35.2 Å². The van der Waals surface area contributed by atoms with E-state index < -0.39 is 24.3 Å². The predicted octanol–water partition coefficient (Wildman–Crippen LogP) is 6.26. The van der Waals surface area contributed by atoms with Gasteiger partial charge in [-0.25, -0.2) is 24.1 Å². The average molecular weight is 738 g/mol. The van der Waals surface area contributed by atoms with Crippen LogP contribution in [0.4, 0.5) is 26.3 Å². The third-order valence-corrected chi connectivity index (χ3v) is 7.20. The summed E-state index contributed by atoms with van der Waals surface area (Å²) in [4.78, 5) is 58.9. The molecule has 0 aliphatic heterocycles. The standard InChI is InChI=1S/C29H31N7O2.2C2HF3O2/c1-2-24(37)10-4-3-5-11-25(34-27(38)14-20-16-31-29-32-19-33-36(29)18-20)28-30-17-26(35-28)23-13-12-21-8-6-7-9-22(21)15-23;2*3-2(4,5)1(6)7/h6-9,12-13,15-19,25H,2-5,10-11,14H2,1H3,(H,30,35)(H,34,38);2*(H,6,7)/t25-;;/m0../s1. The molecule has 3 heterocycles. The molecule has 278 valence electrons. The molecule has 2 aromatic carbocycles. The van der Waals surface area contributed by atoms with Crippen LogP contribution in [0.5, 0.6) is 0 Å². The molecule has 0 fully saturated rings. The number of hydrogen-bond acceptors (Lipinski definition) is 8. The Balaban J connectivity index is 0.000000441. The summed E-state index contributed by atoms with van der Waals surface area (Å²) < 4.78 is 65.0. The molecule has 0 unspecified atom stereocenters. The van der Waals surface area contributed by atoms with E-state index in [1.807, 2.05) is 25.3 Å². The van der Waals surface area contributed by atoms with Gasteiger partial charge in [0.1, 0.15) is 17.9 Å². The van der Waals surface area contributed by atoms with Gasteiger partial charge in [-0.1, -0.05) is 56.2 Å². The maximum Gasteiger partial charge on any atom is 0.490 e. The summed E-state index contributed by atoms with van der Waals surface area (Å²) in [5.74, 6) is -4.14. The van der Waals surface area contributed by atoms with Gasteiger partial charge in [0.25, 0.3) is 5.78 Å². The third kappa shape index (κ3) is 12.8. The number of halogens is 6. The van der Waals surface area contributed by atoms with E-state index >= 15 is 0 Å². The molecule has 0 aliphatic rings. The highest BCUT2D eigenvalue weighted by atomic mass is 19.4. The lowest BCUT2D eigenvalue weighted by atomic mass is 10.0.